The number of carbonyl (C=O) groups is 1. The third-order valence-electron chi connectivity index (χ3n) is 5.05. The first-order valence-corrected chi connectivity index (χ1v) is 10.5. The molecule has 1 aliphatic carbocycles. The summed E-state index contributed by atoms with van der Waals surface area (Å²) >= 11 is 1.28. The smallest absolute Gasteiger partial charge is 0.263 e. The molecule has 0 radical (unpaired) electrons. The molecule has 28 heavy (non-hydrogen) atoms. The van der Waals surface area contributed by atoms with Gasteiger partial charge in [0.1, 0.15) is 0 Å². The molecule has 1 aliphatic rings. The highest BCUT2D eigenvalue weighted by Gasteiger charge is 2.21. The van der Waals surface area contributed by atoms with Gasteiger partial charge in [-0.25, -0.2) is 9.97 Å². The lowest BCUT2D eigenvalue weighted by Gasteiger charge is -2.26. The van der Waals surface area contributed by atoms with Crippen molar-refractivity contribution in [3.05, 3.63) is 64.1 Å². The van der Waals surface area contributed by atoms with Gasteiger partial charge in [0.05, 0.1) is 17.2 Å². The van der Waals surface area contributed by atoms with Crippen molar-refractivity contribution >= 4 is 28.7 Å². The van der Waals surface area contributed by atoms with Gasteiger partial charge in [0.25, 0.3) is 5.56 Å². The Labute approximate surface area is 167 Å². The topological polar surface area (TPSA) is 76.9 Å². The number of nitrogens with one attached hydrogen (secondary N) is 1. The van der Waals surface area contributed by atoms with Gasteiger partial charge in [-0.3, -0.25) is 14.2 Å². The predicted molar refractivity (Wildman–Crippen MR) is 110 cm³/mol. The van der Waals surface area contributed by atoms with Crippen LogP contribution in [-0.4, -0.2) is 26.2 Å². The summed E-state index contributed by atoms with van der Waals surface area (Å²) in [5.74, 6) is 0.161. The van der Waals surface area contributed by atoms with Crippen LogP contribution in [0.3, 0.4) is 0 Å². The van der Waals surface area contributed by atoms with E-state index in [9.17, 15) is 9.59 Å². The van der Waals surface area contributed by atoms with Gasteiger partial charge in [0, 0.05) is 12.7 Å². The van der Waals surface area contributed by atoms with Crippen LogP contribution in [0.15, 0.2) is 52.5 Å². The minimum absolute atomic E-state index is 0.0512. The molecule has 3 aromatic rings. The standard InChI is InChI=1S/C21H22N4O2S/c1-2-25-20(27)16-10-6-12-22-19(16)24-21(25)28-13-18(26)23-17-11-5-8-14-7-3-4-9-15(14)17/h3-4,6-7,9-10,12,17H,2,5,8,11,13H2,1H3,(H,23,26)/t17-/m0/s1. The number of rotatable bonds is 5. The van der Waals surface area contributed by atoms with E-state index >= 15 is 0 Å². The normalized spacial score (nSPS) is 16.0. The molecule has 0 unspecified atom stereocenters. The van der Waals surface area contributed by atoms with E-state index in [4.69, 9.17) is 0 Å². The molecule has 1 aromatic carbocycles. The van der Waals surface area contributed by atoms with Gasteiger partial charge >= 0.3 is 0 Å². The number of aryl methyl sites for hydroxylation is 1. The third kappa shape index (κ3) is 3.67. The molecule has 0 spiro atoms. The van der Waals surface area contributed by atoms with E-state index in [2.05, 4.69) is 27.4 Å². The maximum Gasteiger partial charge on any atom is 0.263 e. The molecule has 1 atom stereocenters. The molecular weight excluding hydrogens is 372 g/mol. The number of hydrogen-bond acceptors (Lipinski definition) is 5. The second kappa shape index (κ2) is 8.14. The predicted octanol–water partition coefficient (Wildman–Crippen LogP) is 3.10. The number of carbonyl (C=O) groups excluding carboxylic acids is 1. The Hall–Kier alpha value is -2.67. The molecule has 0 fully saturated rings. The molecule has 7 heteroatoms. The van der Waals surface area contributed by atoms with Crippen molar-refractivity contribution in [2.24, 2.45) is 0 Å². The fourth-order valence-corrected chi connectivity index (χ4v) is 4.56. The molecular formula is C21H22N4O2S. The molecule has 0 saturated carbocycles. The van der Waals surface area contributed by atoms with Crippen LogP contribution in [0.25, 0.3) is 11.0 Å². The lowest BCUT2D eigenvalue weighted by atomic mass is 9.88. The van der Waals surface area contributed by atoms with Crippen LogP contribution in [0.4, 0.5) is 0 Å². The van der Waals surface area contributed by atoms with Crippen LogP contribution in [0.1, 0.15) is 36.9 Å². The highest BCUT2D eigenvalue weighted by atomic mass is 32.2. The zero-order valence-corrected chi connectivity index (χ0v) is 16.5. The molecule has 0 bridgehead atoms. The monoisotopic (exact) mass is 394 g/mol. The number of fused-ring (bicyclic) bond motifs is 2. The Bertz CT molecular complexity index is 1080. The van der Waals surface area contributed by atoms with Crippen molar-refractivity contribution in [3.63, 3.8) is 0 Å². The molecule has 2 heterocycles. The number of aromatic nitrogens is 3. The summed E-state index contributed by atoms with van der Waals surface area (Å²) in [6.45, 7) is 2.39. The van der Waals surface area contributed by atoms with Gasteiger partial charge in [-0.15, -0.1) is 0 Å². The molecule has 4 rings (SSSR count). The zero-order valence-electron chi connectivity index (χ0n) is 15.7. The lowest BCUT2D eigenvalue weighted by molar-refractivity contribution is -0.119. The number of amides is 1. The molecule has 1 N–H and O–H groups in total. The average molecular weight is 395 g/mol. The summed E-state index contributed by atoms with van der Waals surface area (Å²) in [5.41, 5.74) is 2.82. The molecule has 2 aromatic heterocycles. The van der Waals surface area contributed by atoms with Gasteiger partial charge in [-0.1, -0.05) is 36.0 Å². The number of thioether (sulfide) groups is 1. The first-order chi connectivity index (χ1) is 13.7. The van der Waals surface area contributed by atoms with Crippen molar-refractivity contribution in [3.8, 4) is 0 Å². The Morgan fingerprint density at radius 3 is 3.00 bits per heavy atom. The second-order valence-corrected chi connectivity index (χ2v) is 7.76. The quantitative estimate of drug-likeness (QED) is 0.532. The van der Waals surface area contributed by atoms with E-state index in [1.165, 1.54) is 22.9 Å². The van der Waals surface area contributed by atoms with Crippen molar-refractivity contribution in [2.45, 2.75) is 43.9 Å². The van der Waals surface area contributed by atoms with Crippen LogP contribution >= 0.6 is 11.8 Å². The molecule has 0 aliphatic heterocycles. The van der Waals surface area contributed by atoms with Crippen LogP contribution in [0, 0.1) is 0 Å². The number of pyridine rings is 1. The minimum atomic E-state index is -0.121. The number of hydrogen-bond donors (Lipinski definition) is 1. The first kappa shape index (κ1) is 18.7. The zero-order chi connectivity index (χ0) is 19.5. The van der Waals surface area contributed by atoms with Crippen LogP contribution in [0.2, 0.25) is 0 Å². The molecule has 6 nitrogen and oxygen atoms in total. The second-order valence-electron chi connectivity index (χ2n) is 6.82. The van der Waals surface area contributed by atoms with Gasteiger partial charge in [0.2, 0.25) is 5.91 Å². The van der Waals surface area contributed by atoms with Crippen molar-refractivity contribution in [2.75, 3.05) is 5.75 Å². The number of benzene rings is 1. The maximum absolute atomic E-state index is 12.6. The summed E-state index contributed by atoms with van der Waals surface area (Å²) in [6, 6.07) is 11.8. The maximum atomic E-state index is 12.6. The summed E-state index contributed by atoms with van der Waals surface area (Å²) < 4.78 is 1.60. The lowest BCUT2D eigenvalue weighted by Crippen LogP contribution is -2.32. The Morgan fingerprint density at radius 2 is 2.14 bits per heavy atom. The summed E-state index contributed by atoms with van der Waals surface area (Å²) in [5, 5.41) is 4.17. The van der Waals surface area contributed by atoms with Crippen molar-refractivity contribution in [1.82, 2.24) is 19.9 Å². The highest BCUT2D eigenvalue weighted by Crippen LogP contribution is 2.29. The van der Waals surface area contributed by atoms with Crippen LogP contribution in [-0.2, 0) is 17.8 Å². The van der Waals surface area contributed by atoms with Crippen LogP contribution in [0.5, 0.6) is 0 Å². The fraction of sp³-hybridized carbons (Fsp3) is 0.333. The first-order valence-electron chi connectivity index (χ1n) is 9.53. The van der Waals surface area contributed by atoms with E-state index in [1.807, 2.05) is 19.1 Å². The van der Waals surface area contributed by atoms with E-state index in [0.29, 0.717) is 22.7 Å². The van der Waals surface area contributed by atoms with Crippen molar-refractivity contribution in [1.29, 1.82) is 0 Å². The SMILES string of the molecule is CCn1c(SCC(=O)N[C@H]2CCCc3ccccc32)nc2ncccc2c1=O. The highest BCUT2D eigenvalue weighted by molar-refractivity contribution is 7.99. The number of nitrogens with zero attached hydrogens (tertiary/aromatic N) is 3. The third-order valence-corrected chi connectivity index (χ3v) is 6.02. The van der Waals surface area contributed by atoms with E-state index in [1.54, 1.807) is 22.9 Å². The van der Waals surface area contributed by atoms with Gasteiger partial charge in [-0.05, 0) is 49.4 Å². The minimum Gasteiger partial charge on any atom is -0.349 e. The Kier molecular flexibility index (Phi) is 5.43. The van der Waals surface area contributed by atoms with E-state index < -0.39 is 0 Å². The summed E-state index contributed by atoms with van der Waals surface area (Å²) in [7, 11) is 0. The van der Waals surface area contributed by atoms with Crippen LogP contribution < -0.4 is 10.9 Å². The largest absolute Gasteiger partial charge is 0.349 e. The van der Waals surface area contributed by atoms with E-state index in [0.717, 1.165) is 19.3 Å². The van der Waals surface area contributed by atoms with Gasteiger partial charge < -0.3 is 5.32 Å². The van der Waals surface area contributed by atoms with Gasteiger partial charge in [-0.2, -0.15) is 0 Å². The van der Waals surface area contributed by atoms with Crippen molar-refractivity contribution < 1.29 is 4.79 Å². The molecule has 0 saturated heterocycles. The molecule has 144 valence electrons. The average Bonchev–Trinajstić information content (AvgIpc) is 2.73. The van der Waals surface area contributed by atoms with E-state index in [-0.39, 0.29) is 23.3 Å². The van der Waals surface area contributed by atoms with Gasteiger partial charge in [0.15, 0.2) is 10.8 Å². The molecule has 1 amide bonds. The Morgan fingerprint density at radius 1 is 1.29 bits per heavy atom. The summed E-state index contributed by atoms with van der Waals surface area (Å²) in [4.78, 5) is 33.9. The Balaban J connectivity index is 1.49. The summed E-state index contributed by atoms with van der Waals surface area (Å²) in [6.07, 6.45) is 4.70. The fourth-order valence-electron chi connectivity index (χ4n) is 3.70.